The third kappa shape index (κ3) is 2.60. The summed E-state index contributed by atoms with van der Waals surface area (Å²) >= 11 is 0. The lowest BCUT2D eigenvalue weighted by molar-refractivity contribution is 0.464. The number of fused-ring (bicyclic) bond motifs is 1. The molecule has 3 rings (SSSR count). The first kappa shape index (κ1) is 13.3. The number of aromatic hydroxyl groups is 1. The van der Waals surface area contributed by atoms with Crippen molar-refractivity contribution in [2.45, 2.75) is 51.1 Å². The number of guanidine groups is 1. The molecule has 1 saturated carbocycles. The topological polar surface area (TPSA) is 61.8 Å². The van der Waals surface area contributed by atoms with E-state index in [1.54, 1.807) is 6.07 Å². The summed E-state index contributed by atoms with van der Waals surface area (Å²) in [4.78, 5) is 6.53. The molecule has 1 aromatic rings. The van der Waals surface area contributed by atoms with Crippen LogP contribution in [0.15, 0.2) is 17.1 Å². The maximum atomic E-state index is 10.1. The molecule has 4 nitrogen and oxygen atoms in total. The Labute approximate surface area is 120 Å². The average Bonchev–Trinajstić information content (AvgIpc) is 3.29. The van der Waals surface area contributed by atoms with Gasteiger partial charge in [-0.2, -0.15) is 0 Å². The molecule has 0 heterocycles. The second kappa shape index (κ2) is 5.35. The first-order chi connectivity index (χ1) is 9.66. The molecule has 0 spiro atoms. The van der Waals surface area contributed by atoms with Gasteiger partial charge in [-0.3, -0.25) is 0 Å². The fourth-order valence-corrected chi connectivity index (χ4v) is 2.99. The van der Waals surface area contributed by atoms with Crippen LogP contribution in [-0.2, 0) is 19.4 Å². The Hall–Kier alpha value is -1.71. The lowest BCUT2D eigenvalue weighted by Crippen LogP contribution is -2.35. The molecular formula is C16H23N3O. The molecule has 2 aliphatic carbocycles. The molecule has 108 valence electrons. The number of phenolic OH excluding ortho intramolecular Hbond substituents is 1. The molecule has 0 aliphatic heterocycles. The second-order valence-electron chi connectivity index (χ2n) is 5.92. The van der Waals surface area contributed by atoms with Crippen molar-refractivity contribution in [3.63, 3.8) is 0 Å². The maximum Gasteiger partial charge on any atom is 0.191 e. The SMILES string of the molecule is CN(C(N)=NCc1c(O)ccc2c1CCCC2)C1CC1. The van der Waals surface area contributed by atoms with Gasteiger partial charge in [-0.15, -0.1) is 0 Å². The third-order valence-electron chi connectivity index (χ3n) is 4.48. The van der Waals surface area contributed by atoms with E-state index in [1.165, 1.54) is 36.8 Å². The van der Waals surface area contributed by atoms with E-state index in [2.05, 4.69) is 11.1 Å². The van der Waals surface area contributed by atoms with Gasteiger partial charge < -0.3 is 15.7 Å². The molecule has 0 unspecified atom stereocenters. The van der Waals surface area contributed by atoms with Crippen molar-refractivity contribution in [1.82, 2.24) is 4.90 Å². The first-order valence-electron chi connectivity index (χ1n) is 7.52. The van der Waals surface area contributed by atoms with E-state index in [9.17, 15) is 5.11 Å². The van der Waals surface area contributed by atoms with E-state index in [0.29, 0.717) is 24.3 Å². The van der Waals surface area contributed by atoms with Gasteiger partial charge in [0.1, 0.15) is 5.75 Å². The monoisotopic (exact) mass is 273 g/mol. The van der Waals surface area contributed by atoms with Crippen molar-refractivity contribution in [3.8, 4) is 5.75 Å². The molecule has 1 aromatic carbocycles. The largest absolute Gasteiger partial charge is 0.508 e. The highest BCUT2D eigenvalue weighted by Gasteiger charge is 2.27. The van der Waals surface area contributed by atoms with Gasteiger partial charge in [0.05, 0.1) is 6.54 Å². The molecule has 0 saturated heterocycles. The molecule has 20 heavy (non-hydrogen) atoms. The van der Waals surface area contributed by atoms with E-state index in [4.69, 9.17) is 5.73 Å². The summed E-state index contributed by atoms with van der Waals surface area (Å²) in [6.45, 7) is 0.484. The Morgan fingerprint density at radius 1 is 1.35 bits per heavy atom. The Bertz CT molecular complexity index is 535. The van der Waals surface area contributed by atoms with Gasteiger partial charge >= 0.3 is 0 Å². The van der Waals surface area contributed by atoms with E-state index in [0.717, 1.165) is 18.4 Å². The molecule has 3 N–H and O–H groups in total. The van der Waals surface area contributed by atoms with E-state index >= 15 is 0 Å². The molecular weight excluding hydrogens is 250 g/mol. The maximum absolute atomic E-state index is 10.1. The Kier molecular flexibility index (Phi) is 3.55. The van der Waals surface area contributed by atoms with Gasteiger partial charge in [0, 0.05) is 18.7 Å². The number of nitrogens with two attached hydrogens (primary N) is 1. The van der Waals surface area contributed by atoms with E-state index in [1.807, 2.05) is 11.9 Å². The summed E-state index contributed by atoms with van der Waals surface area (Å²) in [6, 6.07) is 4.42. The fourth-order valence-electron chi connectivity index (χ4n) is 2.99. The highest BCUT2D eigenvalue weighted by Crippen LogP contribution is 2.31. The Morgan fingerprint density at radius 2 is 2.10 bits per heavy atom. The molecule has 2 aliphatic rings. The third-order valence-corrected chi connectivity index (χ3v) is 4.48. The Balaban J connectivity index is 1.81. The van der Waals surface area contributed by atoms with Gasteiger partial charge in [-0.05, 0) is 55.7 Å². The molecule has 0 radical (unpaired) electrons. The van der Waals surface area contributed by atoms with Crippen molar-refractivity contribution in [2.24, 2.45) is 10.7 Å². The highest BCUT2D eigenvalue weighted by molar-refractivity contribution is 5.78. The smallest absolute Gasteiger partial charge is 0.191 e. The molecule has 4 heteroatoms. The quantitative estimate of drug-likeness (QED) is 0.655. The van der Waals surface area contributed by atoms with Crippen molar-refractivity contribution >= 4 is 5.96 Å². The zero-order valence-corrected chi connectivity index (χ0v) is 12.1. The summed E-state index contributed by atoms with van der Waals surface area (Å²) in [5.41, 5.74) is 9.66. The number of rotatable bonds is 3. The van der Waals surface area contributed by atoms with Crippen LogP contribution in [0.4, 0.5) is 0 Å². The number of aliphatic imine (C=N–C) groups is 1. The summed E-state index contributed by atoms with van der Waals surface area (Å²) in [7, 11) is 2.00. The molecule has 0 atom stereocenters. The molecule has 0 bridgehead atoms. The summed E-state index contributed by atoms with van der Waals surface area (Å²) in [5.74, 6) is 0.941. The van der Waals surface area contributed by atoms with Crippen molar-refractivity contribution in [1.29, 1.82) is 0 Å². The van der Waals surface area contributed by atoms with E-state index in [-0.39, 0.29) is 0 Å². The lowest BCUT2D eigenvalue weighted by Gasteiger charge is -2.21. The zero-order chi connectivity index (χ0) is 14.1. The number of aryl methyl sites for hydroxylation is 1. The summed E-state index contributed by atoms with van der Waals surface area (Å²) in [5, 5.41) is 10.1. The summed E-state index contributed by atoms with van der Waals surface area (Å²) < 4.78 is 0. The Morgan fingerprint density at radius 3 is 2.85 bits per heavy atom. The number of nitrogens with zero attached hydrogens (tertiary/aromatic N) is 2. The minimum absolute atomic E-state index is 0.358. The fraction of sp³-hybridized carbons (Fsp3) is 0.562. The van der Waals surface area contributed by atoms with Crippen LogP contribution in [0.25, 0.3) is 0 Å². The average molecular weight is 273 g/mol. The van der Waals surface area contributed by atoms with Crippen LogP contribution in [0, 0.1) is 0 Å². The van der Waals surface area contributed by atoms with Gasteiger partial charge in [-0.1, -0.05) is 6.07 Å². The van der Waals surface area contributed by atoms with Crippen molar-refractivity contribution in [2.75, 3.05) is 7.05 Å². The predicted molar refractivity (Wildman–Crippen MR) is 80.9 cm³/mol. The van der Waals surface area contributed by atoms with Crippen LogP contribution in [-0.4, -0.2) is 29.1 Å². The van der Waals surface area contributed by atoms with Crippen LogP contribution in [0.3, 0.4) is 0 Å². The number of benzene rings is 1. The van der Waals surface area contributed by atoms with Crippen molar-refractivity contribution in [3.05, 3.63) is 28.8 Å². The second-order valence-corrected chi connectivity index (χ2v) is 5.92. The van der Waals surface area contributed by atoms with Gasteiger partial charge in [0.2, 0.25) is 0 Å². The normalized spacial score (nSPS) is 18.8. The number of hydrogen-bond acceptors (Lipinski definition) is 2. The van der Waals surface area contributed by atoms with Crippen LogP contribution >= 0.6 is 0 Å². The molecule has 0 aromatic heterocycles. The number of hydrogen-bond donors (Lipinski definition) is 2. The van der Waals surface area contributed by atoms with Crippen LogP contribution in [0.1, 0.15) is 42.4 Å². The minimum Gasteiger partial charge on any atom is -0.508 e. The highest BCUT2D eigenvalue weighted by atomic mass is 16.3. The van der Waals surface area contributed by atoms with Gasteiger partial charge in [0.25, 0.3) is 0 Å². The molecule has 1 fully saturated rings. The van der Waals surface area contributed by atoms with E-state index < -0.39 is 0 Å². The van der Waals surface area contributed by atoms with Crippen molar-refractivity contribution < 1.29 is 5.11 Å². The van der Waals surface area contributed by atoms with Gasteiger partial charge in [-0.25, -0.2) is 4.99 Å². The first-order valence-corrected chi connectivity index (χ1v) is 7.52. The predicted octanol–water partition coefficient (Wildman–Crippen LogP) is 2.18. The minimum atomic E-state index is 0.358. The lowest BCUT2D eigenvalue weighted by atomic mass is 9.88. The van der Waals surface area contributed by atoms with Gasteiger partial charge in [0.15, 0.2) is 5.96 Å². The molecule has 0 amide bonds. The summed E-state index contributed by atoms with van der Waals surface area (Å²) in [6.07, 6.45) is 7.02. The van der Waals surface area contributed by atoms with Crippen LogP contribution in [0.2, 0.25) is 0 Å². The zero-order valence-electron chi connectivity index (χ0n) is 12.1. The number of phenols is 1. The van der Waals surface area contributed by atoms with Crippen LogP contribution < -0.4 is 5.73 Å². The standard InChI is InChI=1S/C16H23N3O/c1-19(12-7-8-12)16(17)18-10-14-13-5-3-2-4-11(13)6-9-15(14)20/h6,9,12,20H,2-5,7-8,10H2,1H3,(H2,17,18). The van der Waals surface area contributed by atoms with Crippen LogP contribution in [0.5, 0.6) is 5.75 Å².